The van der Waals surface area contributed by atoms with Crippen molar-refractivity contribution in [3.8, 4) is 0 Å². The summed E-state index contributed by atoms with van der Waals surface area (Å²) in [7, 11) is -9.68. The predicted molar refractivity (Wildman–Crippen MR) is 211 cm³/mol. The molecule has 320 valence electrons. The molecule has 14 nitrogen and oxygen atoms in total. The second-order valence-electron chi connectivity index (χ2n) is 14.2. The first-order chi connectivity index (χ1) is 26.2. The van der Waals surface area contributed by atoms with Crippen LogP contribution in [-0.4, -0.2) is 82.6 Å². The van der Waals surface area contributed by atoms with E-state index in [9.17, 15) is 28.7 Å². The number of esters is 2. The van der Waals surface area contributed by atoms with Gasteiger partial charge in [0.1, 0.15) is 12.7 Å². The molecule has 4 unspecified atom stereocenters. The molecule has 4 N–H and O–H groups in total. The first-order valence-corrected chi connectivity index (χ1v) is 23.2. The smallest absolute Gasteiger partial charge is 0.462 e. The van der Waals surface area contributed by atoms with E-state index in [1.165, 1.54) is 38.5 Å². The molecule has 0 amide bonds. The van der Waals surface area contributed by atoms with Crippen molar-refractivity contribution < 1.29 is 66.3 Å². The number of carbonyl (C=O) groups excluding carboxylic acids is 2. The van der Waals surface area contributed by atoms with Crippen molar-refractivity contribution in [3.05, 3.63) is 36.5 Å². The summed E-state index contributed by atoms with van der Waals surface area (Å²) in [5.74, 6) is -0.374. The Morgan fingerprint density at radius 1 is 0.691 bits per heavy atom. The monoisotopic (exact) mass is 824 g/mol. The molecule has 0 bridgehead atoms. The number of allylic oxidation sites excluding steroid dienone is 4. The lowest BCUT2D eigenvalue weighted by molar-refractivity contribution is -0.161. The fourth-order valence-corrected chi connectivity index (χ4v) is 6.51. The molecule has 0 aromatic heterocycles. The molecule has 0 aromatic rings. The van der Waals surface area contributed by atoms with E-state index < -0.39 is 66.2 Å². The quantitative estimate of drug-likeness (QED) is 0.0154. The van der Waals surface area contributed by atoms with Crippen LogP contribution in [0.1, 0.15) is 143 Å². The molecule has 0 radical (unpaired) electrons. The number of hydrogen-bond donors (Lipinski definition) is 4. The minimum Gasteiger partial charge on any atom is -0.462 e. The second-order valence-corrected chi connectivity index (χ2v) is 16.9. The summed E-state index contributed by atoms with van der Waals surface area (Å²) in [6, 6.07) is 0. The van der Waals surface area contributed by atoms with Gasteiger partial charge in [0.2, 0.25) is 0 Å². The van der Waals surface area contributed by atoms with Crippen LogP contribution in [0.4, 0.5) is 0 Å². The standard InChI is InChI=1S/C39H70O14P2/c1-4-6-7-8-15-20-25-36-37(53-36)26-21-16-10-9-11-17-22-27-38(41)48-31-35(32-51-55(46,47)50-30-34(40)29-49-54(43,44)45)52-39(42)28-23-18-13-12-14-19-24-33(3)5-2/h9,11,15-16,20-21,33-37,40H,4-8,10,12-14,17-19,22-32H2,1-3H3,(H,46,47)(H2,43,44,45)/b11-9-,20-15-,21-16-/t33?,34-,35+,36?,37?/m0/s1. The van der Waals surface area contributed by atoms with E-state index in [1.807, 2.05) is 12.2 Å². The first kappa shape index (κ1) is 51.3. The zero-order valence-electron chi connectivity index (χ0n) is 33.4. The third-order valence-corrected chi connectivity index (χ3v) is 10.4. The summed E-state index contributed by atoms with van der Waals surface area (Å²) in [6.45, 7) is 3.88. The van der Waals surface area contributed by atoms with Gasteiger partial charge in [0.15, 0.2) is 6.10 Å². The number of hydrogen-bond acceptors (Lipinski definition) is 11. The molecule has 1 aliphatic rings. The van der Waals surface area contributed by atoms with Crippen molar-refractivity contribution in [2.75, 3.05) is 26.4 Å². The fourth-order valence-electron chi connectivity index (χ4n) is 5.36. The molecule has 55 heavy (non-hydrogen) atoms. The Bertz CT molecular complexity index is 1200. The van der Waals surface area contributed by atoms with Crippen molar-refractivity contribution in [2.45, 2.75) is 167 Å². The SMILES string of the molecule is CCCCC/C=C\CC1OC1C/C=C\C/C=C\CCCC(=O)OC[C@H](COP(=O)(O)OC[C@@H](O)COP(=O)(O)O)OC(=O)CCCCCCCCC(C)CC. The predicted octanol–water partition coefficient (Wildman–Crippen LogP) is 8.57. The first-order valence-electron chi connectivity index (χ1n) is 20.2. The highest BCUT2D eigenvalue weighted by Gasteiger charge is 2.36. The molecule has 0 aromatic carbocycles. The van der Waals surface area contributed by atoms with Gasteiger partial charge in [-0.2, -0.15) is 0 Å². The third-order valence-electron chi connectivity index (χ3n) is 8.96. The van der Waals surface area contributed by atoms with E-state index in [4.69, 9.17) is 28.5 Å². The van der Waals surface area contributed by atoms with Gasteiger partial charge in [-0.3, -0.25) is 23.2 Å². The Morgan fingerprint density at radius 3 is 1.96 bits per heavy atom. The van der Waals surface area contributed by atoms with E-state index in [0.29, 0.717) is 31.5 Å². The minimum atomic E-state index is -4.87. The minimum absolute atomic E-state index is 0.114. The molecule has 6 atom stereocenters. The summed E-state index contributed by atoms with van der Waals surface area (Å²) in [4.78, 5) is 52.5. The van der Waals surface area contributed by atoms with Crippen LogP contribution in [0.15, 0.2) is 36.5 Å². The molecule has 1 rings (SSSR count). The van der Waals surface area contributed by atoms with Gasteiger partial charge in [0, 0.05) is 12.8 Å². The van der Waals surface area contributed by atoms with Crippen molar-refractivity contribution in [1.82, 2.24) is 0 Å². The van der Waals surface area contributed by atoms with Crippen molar-refractivity contribution in [2.24, 2.45) is 5.92 Å². The van der Waals surface area contributed by atoms with Crippen LogP contribution >= 0.6 is 15.6 Å². The summed E-state index contributed by atoms with van der Waals surface area (Å²) in [5.41, 5.74) is 0. The largest absolute Gasteiger partial charge is 0.472 e. The number of aliphatic hydroxyl groups is 1. The van der Waals surface area contributed by atoms with Gasteiger partial charge in [0.25, 0.3) is 0 Å². The van der Waals surface area contributed by atoms with Gasteiger partial charge in [-0.25, -0.2) is 9.13 Å². The Hall–Kier alpha value is -1.70. The number of epoxide rings is 1. The molecular weight excluding hydrogens is 754 g/mol. The normalized spacial score (nSPS) is 18.8. The average molecular weight is 825 g/mol. The maximum atomic E-state index is 12.6. The number of rotatable bonds is 36. The molecule has 16 heteroatoms. The van der Waals surface area contributed by atoms with Gasteiger partial charge < -0.3 is 34.0 Å². The van der Waals surface area contributed by atoms with E-state index in [-0.39, 0.29) is 12.8 Å². The molecular formula is C39H70O14P2. The summed E-state index contributed by atoms with van der Waals surface area (Å²) in [6.07, 6.45) is 27.8. The van der Waals surface area contributed by atoms with Crippen molar-refractivity contribution in [1.29, 1.82) is 0 Å². The van der Waals surface area contributed by atoms with Crippen LogP contribution in [0.3, 0.4) is 0 Å². The Morgan fingerprint density at radius 2 is 1.27 bits per heavy atom. The van der Waals surface area contributed by atoms with Gasteiger partial charge in [0.05, 0.1) is 32.0 Å². The summed E-state index contributed by atoms with van der Waals surface area (Å²) in [5, 5.41) is 9.72. The van der Waals surface area contributed by atoms with E-state index in [2.05, 4.69) is 54.1 Å². The van der Waals surface area contributed by atoms with Crippen LogP contribution < -0.4 is 0 Å². The van der Waals surface area contributed by atoms with E-state index >= 15 is 0 Å². The van der Waals surface area contributed by atoms with Gasteiger partial charge >= 0.3 is 27.6 Å². The zero-order valence-corrected chi connectivity index (χ0v) is 35.2. The lowest BCUT2D eigenvalue weighted by Crippen LogP contribution is -2.30. The highest BCUT2D eigenvalue weighted by Crippen LogP contribution is 2.44. The van der Waals surface area contributed by atoms with Crippen LogP contribution in [-0.2, 0) is 46.5 Å². The maximum Gasteiger partial charge on any atom is 0.472 e. The van der Waals surface area contributed by atoms with Crippen LogP contribution in [0.25, 0.3) is 0 Å². The maximum absolute atomic E-state index is 12.6. The summed E-state index contributed by atoms with van der Waals surface area (Å²) < 4.78 is 53.3. The number of phosphoric ester groups is 2. The molecule has 1 saturated heterocycles. The Labute approximate surface area is 329 Å². The second kappa shape index (κ2) is 31.3. The molecule has 1 fully saturated rings. The molecule has 0 aliphatic carbocycles. The van der Waals surface area contributed by atoms with Crippen molar-refractivity contribution in [3.63, 3.8) is 0 Å². The Balaban J connectivity index is 2.41. The average Bonchev–Trinajstić information content (AvgIpc) is 3.90. The molecule has 0 spiro atoms. The number of ether oxygens (including phenoxy) is 3. The van der Waals surface area contributed by atoms with Crippen LogP contribution in [0.5, 0.6) is 0 Å². The lowest BCUT2D eigenvalue weighted by atomic mass is 10.00. The van der Waals surface area contributed by atoms with Crippen LogP contribution in [0, 0.1) is 5.92 Å². The number of phosphoric acid groups is 2. The summed E-state index contributed by atoms with van der Waals surface area (Å²) >= 11 is 0. The number of aliphatic hydroxyl groups excluding tert-OH is 1. The fraction of sp³-hybridized carbons (Fsp3) is 0.795. The van der Waals surface area contributed by atoms with Gasteiger partial charge in [-0.15, -0.1) is 0 Å². The van der Waals surface area contributed by atoms with E-state index in [1.54, 1.807) is 0 Å². The van der Waals surface area contributed by atoms with Gasteiger partial charge in [-0.1, -0.05) is 115 Å². The highest BCUT2D eigenvalue weighted by atomic mass is 31.2. The Kier molecular flexibility index (Phi) is 29.2. The van der Waals surface area contributed by atoms with Gasteiger partial charge in [-0.05, 0) is 57.3 Å². The topological polar surface area (TPSA) is 208 Å². The molecule has 1 aliphatic heterocycles. The molecule has 0 saturated carbocycles. The lowest BCUT2D eigenvalue weighted by Gasteiger charge is -2.20. The highest BCUT2D eigenvalue weighted by molar-refractivity contribution is 7.47. The third kappa shape index (κ3) is 32.0. The molecule has 1 heterocycles. The van der Waals surface area contributed by atoms with E-state index in [0.717, 1.165) is 57.3 Å². The zero-order chi connectivity index (χ0) is 40.8. The number of carbonyl (C=O) groups is 2. The van der Waals surface area contributed by atoms with Crippen LogP contribution in [0.2, 0.25) is 0 Å². The van der Waals surface area contributed by atoms with Crippen molar-refractivity contribution >= 4 is 27.6 Å². The number of unbranched alkanes of at least 4 members (excludes halogenated alkanes) is 9.